The van der Waals surface area contributed by atoms with Gasteiger partial charge in [0.15, 0.2) is 10.9 Å². The second-order valence-electron chi connectivity index (χ2n) is 6.06. The average molecular weight is 346 g/mol. The van der Waals surface area contributed by atoms with Crippen LogP contribution >= 0.6 is 11.8 Å². The molecule has 6 nitrogen and oxygen atoms in total. The second-order valence-corrected chi connectivity index (χ2v) is 7.00. The quantitative estimate of drug-likeness (QED) is 0.594. The first kappa shape index (κ1) is 16.8. The van der Waals surface area contributed by atoms with Crippen molar-refractivity contribution in [1.29, 1.82) is 0 Å². The van der Waals surface area contributed by atoms with Crippen LogP contribution in [-0.2, 0) is 11.3 Å². The highest BCUT2D eigenvalue weighted by Crippen LogP contribution is 2.25. The lowest BCUT2D eigenvalue weighted by atomic mass is 10.0. The van der Waals surface area contributed by atoms with Crippen molar-refractivity contribution in [3.63, 3.8) is 0 Å². The van der Waals surface area contributed by atoms with Crippen LogP contribution < -0.4 is 0 Å². The molecule has 128 valence electrons. The van der Waals surface area contributed by atoms with Crippen molar-refractivity contribution in [2.45, 2.75) is 31.5 Å². The number of likely N-dealkylation sites (tertiary alicyclic amines) is 1. The summed E-state index contributed by atoms with van der Waals surface area (Å²) in [5.41, 5.74) is 0. The van der Waals surface area contributed by atoms with Gasteiger partial charge in [-0.05, 0) is 30.9 Å². The monoisotopic (exact) mass is 346 g/mol. The number of furan rings is 1. The summed E-state index contributed by atoms with van der Waals surface area (Å²) in [5.74, 6) is 2.44. The zero-order valence-corrected chi connectivity index (χ0v) is 14.7. The number of amides is 1. The van der Waals surface area contributed by atoms with Crippen LogP contribution in [0.3, 0.4) is 0 Å². The molecule has 1 atom stereocenters. The van der Waals surface area contributed by atoms with E-state index in [1.807, 2.05) is 21.6 Å². The lowest BCUT2D eigenvalue weighted by molar-refractivity contribution is -0.130. The van der Waals surface area contributed by atoms with Crippen LogP contribution in [0.2, 0.25) is 0 Å². The van der Waals surface area contributed by atoms with Crippen LogP contribution in [0.25, 0.3) is 11.6 Å². The molecule has 1 aliphatic rings. The van der Waals surface area contributed by atoms with E-state index >= 15 is 0 Å². The van der Waals surface area contributed by atoms with Gasteiger partial charge >= 0.3 is 0 Å². The number of carbonyl (C=O) groups excluding carboxylic acids is 1. The number of carbonyl (C=O) groups is 1. The molecule has 3 rings (SSSR count). The highest BCUT2D eigenvalue weighted by molar-refractivity contribution is 7.99. The van der Waals surface area contributed by atoms with E-state index in [1.165, 1.54) is 18.2 Å². The van der Waals surface area contributed by atoms with Gasteiger partial charge in [0.2, 0.25) is 11.7 Å². The molecule has 1 saturated heterocycles. The molecule has 1 fully saturated rings. The maximum Gasteiger partial charge on any atom is 0.233 e. The first-order valence-corrected chi connectivity index (χ1v) is 9.16. The maximum absolute atomic E-state index is 12.4. The highest BCUT2D eigenvalue weighted by atomic mass is 32.2. The summed E-state index contributed by atoms with van der Waals surface area (Å²) in [6.45, 7) is 8.27. The molecule has 0 aromatic carbocycles. The Morgan fingerprint density at radius 1 is 1.54 bits per heavy atom. The minimum absolute atomic E-state index is 0.166. The standard InChI is InChI=1S/C17H22N4O2S/c1-3-8-21-16(14-7-5-10-23-14)18-19-17(21)24-12-15(22)20-9-4-6-13(2)11-20/h3,5,7,10,13H,1,4,6,8-9,11-12H2,2H3. The molecule has 1 amide bonds. The third-order valence-corrected chi connectivity index (χ3v) is 5.06. The van der Waals surface area contributed by atoms with Gasteiger partial charge in [0.05, 0.1) is 12.0 Å². The molecule has 7 heteroatoms. The predicted octanol–water partition coefficient (Wildman–Crippen LogP) is 3.07. The van der Waals surface area contributed by atoms with Crippen LogP contribution in [0.5, 0.6) is 0 Å². The zero-order valence-electron chi connectivity index (χ0n) is 13.9. The van der Waals surface area contributed by atoms with Gasteiger partial charge in [-0.25, -0.2) is 0 Å². The highest BCUT2D eigenvalue weighted by Gasteiger charge is 2.22. The Morgan fingerprint density at radius 3 is 3.12 bits per heavy atom. The molecule has 0 radical (unpaired) electrons. The molecule has 0 saturated carbocycles. The van der Waals surface area contributed by atoms with Crippen molar-refractivity contribution in [2.75, 3.05) is 18.8 Å². The molecule has 0 N–H and O–H groups in total. The minimum atomic E-state index is 0.166. The lowest BCUT2D eigenvalue weighted by Crippen LogP contribution is -2.40. The minimum Gasteiger partial charge on any atom is -0.461 e. The van der Waals surface area contributed by atoms with Gasteiger partial charge < -0.3 is 9.32 Å². The number of hydrogen-bond acceptors (Lipinski definition) is 5. The van der Waals surface area contributed by atoms with Crippen molar-refractivity contribution in [2.24, 2.45) is 5.92 Å². The Bertz CT molecular complexity index is 696. The molecule has 0 bridgehead atoms. The van der Waals surface area contributed by atoms with E-state index in [4.69, 9.17) is 4.42 Å². The molecule has 1 aliphatic heterocycles. The molecule has 2 aromatic heterocycles. The Hall–Kier alpha value is -2.02. The molecule has 0 aliphatic carbocycles. The smallest absolute Gasteiger partial charge is 0.233 e. The lowest BCUT2D eigenvalue weighted by Gasteiger charge is -2.30. The van der Waals surface area contributed by atoms with Crippen molar-refractivity contribution < 1.29 is 9.21 Å². The van der Waals surface area contributed by atoms with E-state index in [0.29, 0.717) is 35.0 Å². The van der Waals surface area contributed by atoms with Gasteiger partial charge in [-0.1, -0.05) is 24.8 Å². The Balaban J connectivity index is 1.68. The normalized spacial score (nSPS) is 17.9. The van der Waals surface area contributed by atoms with E-state index < -0.39 is 0 Å². The van der Waals surface area contributed by atoms with Gasteiger partial charge in [0.1, 0.15) is 0 Å². The van der Waals surface area contributed by atoms with Gasteiger partial charge in [-0.15, -0.1) is 16.8 Å². The summed E-state index contributed by atoms with van der Waals surface area (Å²) in [5, 5.41) is 9.13. The Kier molecular flexibility index (Phi) is 5.40. The summed E-state index contributed by atoms with van der Waals surface area (Å²) in [4.78, 5) is 14.4. The zero-order chi connectivity index (χ0) is 16.9. The fourth-order valence-corrected chi connectivity index (χ4v) is 3.76. The van der Waals surface area contributed by atoms with E-state index in [-0.39, 0.29) is 5.91 Å². The van der Waals surface area contributed by atoms with Crippen LogP contribution in [0.15, 0.2) is 40.6 Å². The number of aromatic nitrogens is 3. The van der Waals surface area contributed by atoms with E-state index in [0.717, 1.165) is 19.5 Å². The average Bonchev–Trinajstić information content (AvgIpc) is 3.22. The van der Waals surface area contributed by atoms with Crippen LogP contribution in [0, 0.1) is 5.92 Å². The molecule has 24 heavy (non-hydrogen) atoms. The first-order chi connectivity index (χ1) is 11.7. The number of piperidine rings is 1. The number of rotatable bonds is 6. The molecular formula is C17H22N4O2S. The largest absolute Gasteiger partial charge is 0.461 e. The fraction of sp³-hybridized carbons (Fsp3) is 0.471. The summed E-state index contributed by atoms with van der Waals surface area (Å²) in [6.07, 6.45) is 5.69. The van der Waals surface area contributed by atoms with Crippen molar-refractivity contribution in [1.82, 2.24) is 19.7 Å². The fourth-order valence-electron chi connectivity index (χ4n) is 2.91. The van der Waals surface area contributed by atoms with E-state index in [9.17, 15) is 4.79 Å². The van der Waals surface area contributed by atoms with Gasteiger partial charge in [0.25, 0.3) is 0 Å². The maximum atomic E-state index is 12.4. The summed E-state index contributed by atoms with van der Waals surface area (Å²) in [6, 6.07) is 3.66. The molecule has 0 spiro atoms. The number of nitrogens with zero attached hydrogens (tertiary/aromatic N) is 4. The van der Waals surface area contributed by atoms with Crippen LogP contribution in [0.1, 0.15) is 19.8 Å². The van der Waals surface area contributed by atoms with Gasteiger partial charge in [-0.2, -0.15) is 0 Å². The number of allylic oxidation sites excluding steroid dienone is 1. The SMILES string of the molecule is C=CCn1c(SCC(=O)N2CCCC(C)C2)nnc1-c1ccco1. The summed E-state index contributed by atoms with van der Waals surface area (Å²) in [7, 11) is 0. The van der Waals surface area contributed by atoms with E-state index in [2.05, 4.69) is 23.7 Å². The van der Waals surface area contributed by atoms with Crippen molar-refractivity contribution in [3.05, 3.63) is 31.1 Å². The Morgan fingerprint density at radius 2 is 2.42 bits per heavy atom. The third-order valence-electron chi connectivity index (χ3n) is 4.10. The topological polar surface area (TPSA) is 64.2 Å². The molecule has 2 aromatic rings. The first-order valence-electron chi connectivity index (χ1n) is 8.17. The molecular weight excluding hydrogens is 324 g/mol. The third kappa shape index (κ3) is 3.72. The van der Waals surface area contributed by atoms with Crippen LogP contribution in [0.4, 0.5) is 0 Å². The Labute approximate surface area is 145 Å². The summed E-state index contributed by atoms with van der Waals surface area (Å²) < 4.78 is 7.33. The predicted molar refractivity (Wildman–Crippen MR) is 93.6 cm³/mol. The van der Waals surface area contributed by atoms with Gasteiger partial charge in [-0.3, -0.25) is 9.36 Å². The van der Waals surface area contributed by atoms with Crippen molar-refractivity contribution >= 4 is 17.7 Å². The van der Waals surface area contributed by atoms with Gasteiger partial charge in [0, 0.05) is 19.6 Å². The second kappa shape index (κ2) is 7.70. The number of thioether (sulfide) groups is 1. The molecule has 3 heterocycles. The molecule has 1 unspecified atom stereocenters. The van der Waals surface area contributed by atoms with E-state index in [1.54, 1.807) is 12.3 Å². The van der Waals surface area contributed by atoms with Crippen molar-refractivity contribution in [3.8, 4) is 11.6 Å². The van der Waals surface area contributed by atoms with Crippen LogP contribution in [-0.4, -0.2) is 44.4 Å². The summed E-state index contributed by atoms with van der Waals surface area (Å²) >= 11 is 1.42. The number of hydrogen-bond donors (Lipinski definition) is 0.